The summed E-state index contributed by atoms with van der Waals surface area (Å²) in [7, 11) is 2.14. The van der Waals surface area contributed by atoms with E-state index in [2.05, 4.69) is 35.7 Å². The van der Waals surface area contributed by atoms with Crippen molar-refractivity contribution in [3.63, 3.8) is 0 Å². The maximum absolute atomic E-state index is 12.9. The van der Waals surface area contributed by atoms with Gasteiger partial charge in [0.1, 0.15) is 11.5 Å². The Hall–Kier alpha value is -1.33. The van der Waals surface area contributed by atoms with E-state index in [-0.39, 0.29) is 11.7 Å². The Balaban J connectivity index is 1.96. The van der Waals surface area contributed by atoms with Crippen molar-refractivity contribution in [2.75, 3.05) is 26.7 Å². The first-order valence-electron chi connectivity index (χ1n) is 7.48. The molecule has 0 radical (unpaired) electrons. The van der Waals surface area contributed by atoms with E-state index in [4.69, 9.17) is 0 Å². The zero-order chi connectivity index (χ0) is 15.6. The number of Topliss-reactive ketones (excluding diaryl/α,β-unsaturated/α-hetero) is 1. The Kier molecular flexibility index (Phi) is 5.06. The molecule has 1 fully saturated rings. The molecular formula is C16H24FN3O. The predicted molar refractivity (Wildman–Crippen MR) is 80.8 cm³/mol. The fourth-order valence-electron chi connectivity index (χ4n) is 2.91. The minimum atomic E-state index is -0.416. The van der Waals surface area contributed by atoms with E-state index < -0.39 is 5.82 Å². The molecule has 0 amide bonds. The SMILES string of the molecule is CC(CN1CC(C)N(C)C(C)C1)C(=O)c1ccc(F)cn1. The van der Waals surface area contributed by atoms with Gasteiger partial charge in [-0.15, -0.1) is 0 Å². The van der Waals surface area contributed by atoms with Crippen LogP contribution >= 0.6 is 0 Å². The van der Waals surface area contributed by atoms with Gasteiger partial charge in [-0.05, 0) is 33.0 Å². The molecule has 3 unspecified atom stereocenters. The number of carbonyl (C=O) groups excluding carboxylic acids is 1. The van der Waals surface area contributed by atoms with Gasteiger partial charge in [-0.1, -0.05) is 6.92 Å². The molecule has 2 rings (SSSR count). The second kappa shape index (κ2) is 6.62. The fraction of sp³-hybridized carbons (Fsp3) is 0.625. The number of rotatable bonds is 4. The van der Waals surface area contributed by atoms with Crippen molar-refractivity contribution >= 4 is 5.78 Å². The van der Waals surface area contributed by atoms with Crippen LogP contribution in [0.5, 0.6) is 0 Å². The number of likely N-dealkylation sites (N-methyl/N-ethyl adjacent to an activating group) is 1. The van der Waals surface area contributed by atoms with E-state index in [1.807, 2.05) is 6.92 Å². The van der Waals surface area contributed by atoms with Gasteiger partial charge in [-0.3, -0.25) is 19.6 Å². The van der Waals surface area contributed by atoms with E-state index in [1.165, 1.54) is 12.1 Å². The first-order chi connectivity index (χ1) is 9.88. The van der Waals surface area contributed by atoms with Gasteiger partial charge in [0.15, 0.2) is 5.78 Å². The number of nitrogens with zero attached hydrogens (tertiary/aromatic N) is 3. The minimum absolute atomic E-state index is 0.0192. The quantitative estimate of drug-likeness (QED) is 0.796. The second-order valence-electron chi connectivity index (χ2n) is 6.21. The van der Waals surface area contributed by atoms with Gasteiger partial charge >= 0.3 is 0 Å². The van der Waals surface area contributed by atoms with Gasteiger partial charge in [0.2, 0.25) is 0 Å². The first kappa shape index (κ1) is 16.0. The number of piperazine rings is 1. The molecule has 2 heterocycles. The molecule has 3 atom stereocenters. The van der Waals surface area contributed by atoms with Crippen LogP contribution in [0.4, 0.5) is 4.39 Å². The maximum atomic E-state index is 12.9. The Morgan fingerprint density at radius 2 is 2.00 bits per heavy atom. The molecule has 5 heteroatoms. The predicted octanol–water partition coefficient (Wildman–Crippen LogP) is 2.06. The van der Waals surface area contributed by atoms with Gasteiger partial charge in [0.25, 0.3) is 0 Å². The molecule has 1 aromatic rings. The van der Waals surface area contributed by atoms with Crippen molar-refractivity contribution in [3.8, 4) is 0 Å². The van der Waals surface area contributed by atoms with Crippen LogP contribution in [-0.4, -0.2) is 59.3 Å². The summed E-state index contributed by atoms with van der Waals surface area (Å²) in [6.07, 6.45) is 1.10. The van der Waals surface area contributed by atoms with Crippen molar-refractivity contribution < 1.29 is 9.18 Å². The monoisotopic (exact) mass is 293 g/mol. The van der Waals surface area contributed by atoms with Crippen molar-refractivity contribution in [2.45, 2.75) is 32.9 Å². The normalized spacial score (nSPS) is 25.8. The van der Waals surface area contributed by atoms with E-state index in [0.29, 0.717) is 17.8 Å². The van der Waals surface area contributed by atoms with Crippen LogP contribution in [0, 0.1) is 11.7 Å². The Morgan fingerprint density at radius 1 is 1.38 bits per heavy atom. The lowest BCUT2D eigenvalue weighted by molar-refractivity contribution is 0.0493. The highest BCUT2D eigenvalue weighted by atomic mass is 19.1. The lowest BCUT2D eigenvalue weighted by atomic mass is 10.0. The Morgan fingerprint density at radius 3 is 2.52 bits per heavy atom. The van der Waals surface area contributed by atoms with Crippen LogP contribution in [0.25, 0.3) is 0 Å². The van der Waals surface area contributed by atoms with Crippen molar-refractivity contribution in [1.29, 1.82) is 0 Å². The molecule has 0 spiro atoms. The van der Waals surface area contributed by atoms with E-state index in [1.54, 1.807) is 0 Å². The summed E-state index contributed by atoms with van der Waals surface area (Å²) in [5, 5.41) is 0. The molecule has 21 heavy (non-hydrogen) atoms. The lowest BCUT2D eigenvalue weighted by Gasteiger charge is -2.43. The summed E-state index contributed by atoms with van der Waals surface area (Å²) in [5.74, 6) is -0.569. The third-order valence-electron chi connectivity index (χ3n) is 4.39. The molecule has 0 aromatic carbocycles. The van der Waals surface area contributed by atoms with Crippen LogP contribution in [0.1, 0.15) is 31.3 Å². The molecule has 1 saturated heterocycles. The van der Waals surface area contributed by atoms with Crippen LogP contribution in [0.15, 0.2) is 18.3 Å². The van der Waals surface area contributed by atoms with Gasteiger partial charge in [0.05, 0.1) is 6.20 Å². The summed E-state index contributed by atoms with van der Waals surface area (Å²) in [6.45, 7) is 8.99. The highest BCUT2D eigenvalue weighted by Crippen LogP contribution is 2.16. The Bertz CT molecular complexity index is 479. The average Bonchev–Trinajstić information content (AvgIpc) is 2.44. The summed E-state index contributed by atoms with van der Waals surface area (Å²) in [4.78, 5) is 20.9. The van der Waals surface area contributed by atoms with Gasteiger partial charge in [-0.2, -0.15) is 0 Å². The number of halogens is 1. The minimum Gasteiger partial charge on any atom is -0.300 e. The number of carbonyl (C=O) groups is 1. The topological polar surface area (TPSA) is 36.4 Å². The Labute approximate surface area is 126 Å². The van der Waals surface area contributed by atoms with E-state index in [0.717, 1.165) is 25.8 Å². The number of aromatic nitrogens is 1. The molecule has 0 N–H and O–H groups in total. The highest BCUT2D eigenvalue weighted by molar-refractivity contribution is 5.95. The molecule has 1 aliphatic heterocycles. The van der Waals surface area contributed by atoms with Gasteiger partial charge < -0.3 is 0 Å². The molecule has 4 nitrogen and oxygen atoms in total. The van der Waals surface area contributed by atoms with Crippen molar-refractivity contribution in [1.82, 2.24) is 14.8 Å². The molecule has 116 valence electrons. The number of hydrogen-bond donors (Lipinski definition) is 0. The van der Waals surface area contributed by atoms with Gasteiger partial charge in [-0.25, -0.2) is 4.39 Å². The third kappa shape index (κ3) is 3.86. The second-order valence-corrected chi connectivity index (χ2v) is 6.21. The zero-order valence-corrected chi connectivity index (χ0v) is 13.2. The average molecular weight is 293 g/mol. The molecular weight excluding hydrogens is 269 g/mol. The molecule has 0 aliphatic carbocycles. The summed E-state index contributed by atoms with van der Waals surface area (Å²) < 4.78 is 12.9. The molecule has 0 bridgehead atoms. The van der Waals surface area contributed by atoms with Crippen LogP contribution in [-0.2, 0) is 0 Å². The lowest BCUT2D eigenvalue weighted by Crippen LogP contribution is -2.55. The van der Waals surface area contributed by atoms with E-state index >= 15 is 0 Å². The molecule has 1 aliphatic rings. The first-order valence-corrected chi connectivity index (χ1v) is 7.48. The molecule has 1 aromatic heterocycles. The summed E-state index contributed by atoms with van der Waals surface area (Å²) in [6, 6.07) is 3.72. The van der Waals surface area contributed by atoms with Crippen molar-refractivity contribution in [2.24, 2.45) is 5.92 Å². The smallest absolute Gasteiger partial charge is 0.185 e. The maximum Gasteiger partial charge on any atom is 0.185 e. The number of ketones is 1. The van der Waals surface area contributed by atoms with Crippen molar-refractivity contribution in [3.05, 3.63) is 29.8 Å². The molecule has 0 saturated carbocycles. The largest absolute Gasteiger partial charge is 0.300 e. The number of hydrogen-bond acceptors (Lipinski definition) is 4. The van der Waals surface area contributed by atoms with Crippen LogP contribution in [0.2, 0.25) is 0 Å². The van der Waals surface area contributed by atoms with Gasteiger partial charge in [0, 0.05) is 37.6 Å². The number of pyridine rings is 1. The standard InChI is InChI=1S/C16H24FN3O/c1-11(16(21)15-6-5-14(17)7-18-15)8-20-9-12(2)19(4)13(3)10-20/h5-7,11-13H,8-10H2,1-4H3. The van der Waals surface area contributed by atoms with Crippen LogP contribution in [0.3, 0.4) is 0 Å². The van der Waals surface area contributed by atoms with Crippen LogP contribution < -0.4 is 0 Å². The summed E-state index contributed by atoms with van der Waals surface area (Å²) in [5.41, 5.74) is 0.346. The fourth-order valence-corrected chi connectivity index (χ4v) is 2.91. The third-order valence-corrected chi connectivity index (χ3v) is 4.39. The zero-order valence-electron chi connectivity index (χ0n) is 13.2. The summed E-state index contributed by atoms with van der Waals surface area (Å²) >= 11 is 0. The highest BCUT2D eigenvalue weighted by Gasteiger charge is 2.28. The van der Waals surface area contributed by atoms with E-state index in [9.17, 15) is 9.18 Å².